The molecule has 3 rings (SSSR count). The van der Waals surface area contributed by atoms with Gasteiger partial charge in [-0.15, -0.1) is 11.3 Å². The van der Waals surface area contributed by atoms with Gasteiger partial charge >= 0.3 is 0 Å². The van der Waals surface area contributed by atoms with Crippen molar-refractivity contribution in [3.8, 4) is 0 Å². The minimum absolute atomic E-state index is 0.00369. The van der Waals surface area contributed by atoms with Gasteiger partial charge in [0, 0.05) is 22.2 Å². The van der Waals surface area contributed by atoms with Gasteiger partial charge < -0.3 is 0 Å². The zero-order valence-electron chi connectivity index (χ0n) is 15.2. The van der Waals surface area contributed by atoms with E-state index in [4.69, 9.17) is 0 Å². The number of nitrogens with one attached hydrogen (secondary N) is 1. The number of benzene rings is 2. The van der Waals surface area contributed by atoms with E-state index in [2.05, 4.69) is 31.3 Å². The summed E-state index contributed by atoms with van der Waals surface area (Å²) in [6, 6.07) is 14.2. The molecule has 0 bridgehead atoms. The molecule has 0 aliphatic carbocycles. The topological polar surface area (TPSA) is 84.6 Å². The Morgan fingerprint density at radius 3 is 2.48 bits per heavy atom. The third-order valence-corrected chi connectivity index (χ3v) is 5.21. The third kappa shape index (κ3) is 4.38. The maximum Gasteiger partial charge on any atom is 0.281 e. The number of non-ortho nitro benzene ring substituents is 1. The molecule has 1 aromatic heterocycles. The summed E-state index contributed by atoms with van der Waals surface area (Å²) in [5.41, 5.74) is 4.69. The number of rotatable bonds is 4. The molecule has 0 radical (unpaired) electrons. The molecule has 6 nitrogen and oxygen atoms in total. The highest BCUT2D eigenvalue weighted by Gasteiger charge is 2.14. The second-order valence-corrected chi connectivity index (χ2v) is 8.24. The first-order valence-corrected chi connectivity index (χ1v) is 9.17. The lowest BCUT2D eigenvalue weighted by atomic mass is 9.87. The summed E-state index contributed by atoms with van der Waals surface area (Å²) in [6.07, 6.45) is 1.59. The van der Waals surface area contributed by atoms with Crippen molar-refractivity contribution in [1.29, 1.82) is 0 Å². The van der Waals surface area contributed by atoms with E-state index in [1.807, 2.05) is 24.3 Å². The number of nitrogens with zero attached hydrogens (tertiary/aromatic N) is 2. The second-order valence-electron chi connectivity index (χ2n) is 7.16. The van der Waals surface area contributed by atoms with Crippen LogP contribution in [-0.2, 0) is 5.41 Å². The standard InChI is InChI=1S/C20H19N3O3S/c1-20(2,3)15-6-4-13(5-7-15)12-21-22-19(24)18-11-14-10-16(23(25)26)8-9-17(14)27-18/h4-12H,1-3H3,(H,22,24)/b21-12-. The molecule has 1 amide bonds. The maximum atomic E-state index is 12.3. The van der Waals surface area contributed by atoms with Crippen LogP contribution in [0.1, 0.15) is 41.6 Å². The van der Waals surface area contributed by atoms with Crippen LogP contribution in [0.3, 0.4) is 0 Å². The van der Waals surface area contributed by atoms with Gasteiger partial charge in [-0.25, -0.2) is 5.43 Å². The number of carbonyl (C=O) groups excluding carboxylic acids is 1. The van der Waals surface area contributed by atoms with E-state index in [-0.39, 0.29) is 17.0 Å². The van der Waals surface area contributed by atoms with Crippen molar-refractivity contribution in [3.05, 3.63) is 74.6 Å². The van der Waals surface area contributed by atoms with Gasteiger partial charge in [-0.05, 0) is 28.7 Å². The summed E-state index contributed by atoms with van der Waals surface area (Å²) < 4.78 is 0.812. The highest BCUT2D eigenvalue weighted by Crippen LogP contribution is 2.29. The molecular weight excluding hydrogens is 362 g/mol. The SMILES string of the molecule is CC(C)(C)c1ccc(/C=N\NC(=O)c2cc3cc([N+](=O)[O-])ccc3s2)cc1. The molecule has 27 heavy (non-hydrogen) atoms. The van der Waals surface area contributed by atoms with E-state index in [9.17, 15) is 14.9 Å². The van der Waals surface area contributed by atoms with Gasteiger partial charge in [-0.3, -0.25) is 14.9 Å². The van der Waals surface area contributed by atoms with Crippen molar-refractivity contribution in [2.24, 2.45) is 5.10 Å². The Labute approximate surface area is 160 Å². The normalized spacial score (nSPS) is 11.8. The van der Waals surface area contributed by atoms with Crippen LogP contribution >= 0.6 is 11.3 Å². The van der Waals surface area contributed by atoms with E-state index < -0.39 is 4.92 Å². The lowest BCUT2D eigenvalue weighted by Crippen LogP contribution is -2.16. The summed E-state index contributed by atoms with van der Waals surface area (Å²) in [6.45, 7) is 6.45. The molecule has 7 heteroatoms. The van der Waals surface area contributed by atoms with Crippen LogP contribution in [0.15, 0.2) is 53.6 Å². The smallest absolute Gasteiger partial charge is 0.266 e. The van der Waals surface area contributed by atoms with Gasteiger partial charge in [-0.2, -0.15) is 5.10 Å². The van der Waals surface area contributed by atoms with Crippen molar-refractivity contribution in [1.82, 2.24) is 5.43 Å². The van der Waals surface area contributed by atoms with E-state index >= 15 is 0 Å². The molecule has 138 valence electrons. The number of hydrazone groups is 1. The quantitative estimate of drug-likeness (QED) is 0.397. The molecule has 2 aromatic carbocycles. The van der Waals surface area contributed by atoms with Crippen LogP contribution in [0, 0.1) is 10.1 Å². The van der Waals surface area contributed by atoms with Crippen LogP contribution in [0.4, 0.5) is 5.69 Å². The summed E-state index contributed by atoms with van der Waals surface area (Å²) in [7, 11) is 0. The molecule has 3 aromatic rings. The van der Waals surface area contributed by atoms with Crippen LogP contribution in [0.25, 0.3) is 10.1 Å². The van der Waals surface area contributed by atoms with Gasteiger partial charge in [0.25, 0.3) is 11.6 Å². The molecule has 1 heterocycles. The highest BCUT2D eigenvalue weighted by atomic mass is 32.1. The van der Waals surface area contributed by atoms with Gasteiger partial charge in [0.15, 0.2) is 0 Å². The zero-order chi connectivity index (χ0) is 19.6. The predicted octanol–water partition coefficient (Wildman–Crippen LogP) is 4.87. The molecule has 0 spiro atoms. The third-order valence-electron chi connectivity index (χ3n) is 4.09. The van der Waals surface area contributed by atoms with Gasteiger partial charge in [0.1, 0.15) is 0 Å². The number of carbonyl (C=O) groups is 1. The summed E-state index contributed by atoms with van der Waals surface area (Å²) in [5.74, 6) is -0.346. The Bertz CT molecular complexity index is 1030. The molecular formula is C20H19N3O3S. The molecule has 0 atom stereocenters. The monoisotopic (exact) mass is 381 g/mol. The number of amides is 1. The molecule has 0 aliphatic heterocycles. The minimum Gasteiger partial charge on any atom is -0.266 e. The lowest BCUT2D eigenvalue weighted by Gasteiger charge is -2.18. The van der Waals surface area contributed by atoms with Crippen molar-refractivity contribution in [2.45, 2.75) is 26.2 Å². The Hall–Kier alpha value is -3.06. The second kappa shape index (κ2) is 7.28. The van der Waals surface area contributed by atoms with E-state index in [0.29, 0.717) is 10.3 Å². The fourth-order valence-electron chi connectivity index (χ4n) is 2.55. The molecule has 0 unspecified atom stereocenters. The van der Waals surface area contributed by atoms with Gasteiger partial charge in [-0.1, -0.05) is 45.0 Å². The molecule has 1 N–H and O–H groups in total. The first-order chi connectivity index (χ1) is 12.7. The fraction of sp³-hybridized carbons (Fsp3) is 0.200. The predicted molar refractivity (Wildman–Crippen MR) is 109 cm³/mol. The average Bonchev–Trinajstić information content (AvgIpc) is 3.04. The Morgan fingerprint density at radius 2 is 1.85 bits per heavy atom. The van der Waals surface area contributed by atoms with Crippen molar-refractivity contribution < 1.29 is 9.72 Å². The van der Waals surface area contributed by atoms with E-state index in [1.54, 1.807) is 18.3 Å². The molecule has 0 saturated carbocycles. The van der Waals surface area contributed by atoms with Crippen LogP contribution in [0.5, 0.6) is 0 Å². The van der Waals surface area contributed by atoms with Crippen molar-refractivity contribution >= 4 is 39.2 Å². The average molecular weight is 381 g/mol. The minimum atomic E-state index is -0.452. The number of fused-ring (bicyclic) bond motifs is 1. The Kier molecular flexibility index (Phi) is 5.05. The summed E-state index contributed by atoms with van der Waals surface area (Å²) in [5, 5.41) is 15.5. The molecule has 0 fully saturated rings. The van der Waals surface area contributed by atoms with Gasteiger partial charge in [0.2, 0.25) is 0 Å². The summed E-state index contributed by atoms with van der Waals surface area (Å²) >= 11 is 1.27. The van der Waals surface area contributed by atoms with Crippen LogP contribution in [0.2, 0.25) is 0 Å². The number of hydrogen-bond donors (Lipinski definition) is 1. The lowest BCUT2D eigenvalue weighted by molar-refractivity contribution is -0.384. The van der Waals surface area contributed by atoms with Crippen molar-refractivity contribution in [3.63, 3.8) is 0 Å². The number of hydrogen-bond acceptors (Lipinski definition) is 5. The first-order valence-electron chi connectivity index (χ1n) is 8.36. The largest absolute Gasteiger partial charge is 0.281 e. The summed E-state index contributed by atoms with van der Waals surface area (Å²) in [4.78, 5) is 23.1. The zero-order valence-corrected chi connectivity index (χ0v) is 16.0. The first kappa shape index (κ1) is 18.7. The Balaban J connectivity index is 1.69. The highest BCUT2D eigenvalue weighted by molar-refractivity contribution is 7.20. The Morgan fingerprint density at radius 1 is 1.15 bits per heavy atom. The van der Waals surface area contributed by atoms with E-state index in [0.717, 1.165) is 10.3 Å². The van der Waals surface area contributed by atoms with Crippen LogP contribution in [-0.4, -0.2) is 17.0 Å². The molecule has 0 aliphatic rings. The van der Waals surface area contributed by atoms with E-state index in [1.165, 1.54) is 29.0 Å². The number of nitro groups is 1. The maximum absolute atomic E-state index is 12.3. The van der Waals surface area contributed by atoms with Crippen LogP contribution < -0.4 is 5.43 Å². The van der Waals surface area contributed by atoms with Gasteiger partial charge in [0.05, 0.1) is 16.0 Å². The number of thiophene rings is 1. The molecule has 0 saturated heterocycles. The fourth-order valence-corrected chi connectivity index (χ4v) is 3.48. The van der Waals surface area contributed by atoms with Crippen molar-refractivity contribution in [2.75, 3.05) is 0 Å². The number of nitro benzene ring substituents is 1.